The van der Waals surface area contributed by atoms with Crippen LogP contribution in [0.1, 0.15) is 18.1 Å². The van der Waals surface area contributed by atoms with Gasteiger partial charge in [0.25, 0.3) is 5.91 Å². The molecule has 0 radical (unpaired) electrons. The van der Waals surface area contributed by atoms with Gasteiger partial charge in [-0.3, -0.25) is 4.79 Å². The maximum Gasteiger partial charge on any atom is 0.277 e. The minimum atomic E-state index is -0.340. The number of carbonyl (C=O) groups is 1. The van der Waals surface area contributed by atoms with E-state index in [4.69, 9.17) is 14.2 Å². The zero-order chi connectivity index (χ0) is 18.2. The van der Waals surface area contributed by atoms with Crippen LogP contribution >= 0.6 is 0 Å². The lowest BCUT2D eigenvalue weighted by Gasteiger charge is -2.10. The van der Waals surface area contributed by atoms with Crippen molar-refractivity contribution in [3.63, 3.8) is 0 Å². The average molecular weight is 342 g/mol. The van der Waals surface area contributed by atoms with Crippen molar-refractivity contribution in [2.24, 2.45) is 5.10 Å². The Morgan fingerprint density at radius 3 is 2.36 bits per heavy atom. The Hall–Kier alpha value is -3.02. The molecule has 0 saturated heterocycles. The normalized spacial score (nSPS) is 11.0. The molecule has 2 aromatic rings. The van der Waals surface area contributed by atoms with Crippen LogP contribution in [-0.4, -0.2) is 32.4 Å². The number of amides is 1. The molecule has 0 aliphatic carbocycles. The van der Waals surface area contributed by atoms with Crippen LogP contribution in [-0.2, 0) is 4.79 Å². The highest BCUT2D eigenvalue weighted by atomic mass is 16.5. The van der Waals surface area contributed by atoms with Crippen molar-refractivity contribution in [3.05, 3.63) is 53.6 Å². The fourth-order valence-corrected chi connectivity index (χ4v) is 2.12. The molecule has 0 bridgehead atoms. The third-order valence-electron chi connectivity index (χ3n) is 3.54. The molecule has 2 rings (SSSR count). The number of hydrogen-bond acceptors (Lipinski definition) is 5. The molecule has 0 fully saturated rings. The molecule has 0 heterocycles. The van der Waals surface area contributed by atoms with Gasteiger partial charge in [0.15, 0.2) is 6.61 Å². The second kappa shape index (κ2) is 8.73. The van der Waals surface area contributed by atoms with Gasteiger partial charge in [-0.15, -0.1) is 0 Å². The van der Waals surface area contributed by atoms with E-state index in [1.54, 1.807) is 33.3 Å². The number of carbonyl (C=O) groups excluding carboxylic acids is 1. The highest BCUT2D eigenvalue weighted by Crippen LogP contribution is 2.25. The van der Waals surface area contributed by atoms with E-state index >= 15 is 0 Å². The number of rotatable bonds is 7. The van der Waals surface area contributed by atoms with Gasteiger partial charge in [0.05, 0.1) is 19.9 Å². The minimum Gasteiger partial charge on any atom is -0.497 e. The van der Waals surface area contributed by atoms with Crippen molar-refractivity contribution in [3.8, 4) is 17.2 Å². The van der Waals surface area contributed by atoms with Crippen molar-refractivity contribution < 1.29 is 19.0 Å². The molecule has 0 aliphatic rings. The molecule has 6 nitrogen and oxygen atoms in total. The Kier molecular flexibility index (Phi) is 6.39. The second-order valence-electron chi connectivity index (χ2n) is 5.40. The van der Waals surface area contributed by atoms with E-state index in [0.717, 1.165) is 11.1 Å². The Balaban J connectivity index is 1.96. The third kappa shape index (κ3) is 5.24. The van der Waals surface area contributed by atoms with E-state index in [1.807, 2.05) is 37.3 Å². The van der Waals surface area contributed by atoms with Gasteiger partial charge in [0.1, 0.15) is 17.2 Å². The van der Waals surface area contributed by atoms with Crippen LogP contribution in [0.2, 0.25) is 0 Å². The summed E-state index contributed by atoms with van der Waals surface area (Å²) in [5.74, 6) is 1.60. The molecule has 0 aromatic heterocycles. The number of methoxy groups -OCH3 is 2. The smallest absolute Gasteiger partial charge is 0.277 e. The molecular weight excluding hydrogens is 320 g/mol. The van der Waals surface area contributed by atoms with E-state index in [-0.39, 0.29) is 12.5 Å². The Labute approximate surface area is 147 Å². The van der Waals surface area contributed by atoms with Crippen molar-refractivity contribution in [1.82, 2.24) is 5.43 Å². The van der Waals surface area contributed by atoms with Gasteiger partial charge >= 0.3 is 0 Å². The fraction of sp³-hybridized carbons (Fsp3) is 0.263. The Morgan fingerprint density at radius 2 is 1.72 bits per heavy atom. The van der Waals surface area contributed by atoms with E-state index in [9.17, 15) is 4.79 Å². The summed E-state index contributed by atoms with van der Waals surface area (Å²) < 4.78 is 15.9. The molecular formula is C19H22N2O4. The Morgan fingerprint density at radius 1 is 1.04 bits per heavy atom. The molecule has 1 N–H and O–H groups in total. The highest BCUT2D eigenvalue weighted by Gasteiger charge is 2.09. The monoisotopic (exact) mass is 342 g/mol. The topological polar surface area (TPSA) is 69.2 Å². The summed E-state index contributed by atoms with van der Waals surface area (Å²) in [6.07, 6.45) is 0. The zero-order valence-corrected chi connectivity index (χ0v) is 14.8. The SMILES string of the molecule is COc1ccc(/C(C)=N/NC(=O)COc2ccc(C)cc2)c(OC)c1. The summed E-state index contributed by atoms with van der Waals surface area (Å²) in [5, 5.41) is 4.10. The van der Waals surface area contributed by atoms with Crippen LogP contribution in [0.5, 0.6) is 17.2 Å². The summed E-state index contributed by atoms with van der Waals surface area (Å²) in [6, 6.07) is 12.9. The van der Waals surface area contributed by atoms with Gasteiger partial charge in [-0.2, -0.15) is 5.10 Å². The van der Waals surface area contributed by atoms with Crippen LogP contribution in [0.25, 0.3) is 0 Å². The van der Waals surface area contributed by atoms with Crippen molar-refractivity contribution in [2.75, 3.05) is 20.8 Å². The zero-order valence-electron chi connectivity index (χ0n) is 14.8. The number of nitrogens with zero attached hydrogens (tertiary/aromatic N) is 1. The van der Waals surface area contributed by atoms with Crippen LogP contribution in [0.15, 0.2) is 47.6 Å². The van der Waals surface area contributed by atoms with Gasteiger partial charge in [-0.05, 0) is 38.1 Å². The highest BCUT2D eigenvalue weighted by molar-refractivity contribution is 6.01. The van der Waals surface area contributed by atoms with Crippen LogP contribution < -0.4 is 19.6 Å². The first-order chi connectivity index (χ1) is 12.0. The number of aryl methyl sites for hydroxylation is 1. The lowest BCUT2D eigenvalue weighted by atomic mass is 10.1. The average Bonchev–Trinajstić information content (AvgIpc) is 2.65. The lowest BCUT2D eigenvalue weighted by Crippen LogP contribution is -2.25. The van der Waals surface area contributed by atoms with Crippen LogP contribution in [0.4, 0.5) is 0 Å². The maximum atomic E-state index is 11.9. The number of hydrogen-bond donors (Lipinski definition) is 1. The summed E-state index contributed by atoms with van der Waals surface area (Å²) in [4.78, 5) is 11.9. The molecule has 0 aliphatic heterocycles. The lowest BCUT2D eigenvalue weighted by molar-refractivity contribution is -0.123. The summed E-state index contributed by atoms with van der Waals surface area (Å²) in [5.41, 5.74) is 4.99. The second-order valence-corrected chi connectivity index (χ2v) is 5.40. The Bertz CT molecular complexity index is 755. The van der Waals surface area contributed by atoms with Crippen LogP contribution in [0.3, 0.4) is 0 Å². The maximum absolute atomic E-state index is 11.9. The van der Waals surface area contributed by atoms with E-state index in [0.29, 0.717) is 23.0 Å². The predicted molar refractivity (Wildman–Crippen MR) is 96.6 cm³/mol. The van der Waals surface area contributed by atoms with E-state index < -0.39 is 0 Å². The van der Waals surface area contributed by atoms with Crippen molar-refractivity contribution in [1.29, 1.82) is 0 Å². The number of hydrazone groups is 1. The summed E-state index contributed by atoms with van der Waals surface area (Å²) in [7, 11) is 3.16. The first-order valence-electron chi connectivity index (χ1n) is 7.78. The molecule has 1 amide bonds. The molecule has 0 spiro atoms. The van der Waals surface area contributed by atoms with Crippen molar-refractivity contribution in [2.45, 2.75) is 13.8 Å². The molecule has 25 heavy (non-hydrogen) atoms. The molecule has 0 saturated carbocycles. The minimum absolute atomic E-state index is 0.112. The fourth-order valence-electron chi connectivity index (χ4n) is 2.12. The molecule has 2 aromatic carbocycles. The van der Waals surface area contributed by atoms with Gasteiger partial charge in [0, 0.05) is 11.6 Å². The van der Waals surface area contributed by atoms with Gasteiger partial charge in [0.2, 0.25) is 0 Å². The predicted octanol–water partition coefficient (Wildman–Crippen LogP) is 2.93. The first-order valence-corrected chi connectivity index (χ1v) is 7.78. The van der Waals surface area contributed by atoms with Crippen LogP contribution in [0, 0.1) is 6.92 Å². The largest absolute Gasteiger partial charge is 0.497 e. The molecule has 6 heteroatoms. The molecule has 0 atom stereocenters. The quantitative estimate of drug-likeness (QED) is 0.620. The molecule has 0 unspecified atom stereocenters. The van der Waals surface area contributed by atoms with Gasteiger partial charge in [-0.25, -0.2) is 5.43 Å². The third-order valence-corrected chi connectivity index (χ3v) is 3.54. The van der Waals surface area contributed by atoms with Gasteiger partial charge in [-0.1, -0.05) is 17.7 Å². The first kappa shape index (κ1) is 18.3. The standard InChI is InChI=1S/C19H22N2O4/c1-13-5-7-15(8-6-13)25-12-19(22)21-20-14(2)17-10-9-16(23-3)11-18(17)24-4/h5-11H,12H2,1-4H3,(H,21,22)/b20-14+. The summed E-state index contributed by atoms with van der Waals surface area (Å²) in [6.45, 7) is 3.66. The van der Waals surface area contributed by atoms with Crippen molar-refractivity contribution >= 4 is 11.6 Å². The van der Waals surface area contributed by atoms with E-state index in [2.05, 4.69) is 10.5 Å². The van der Waals surface area contributed by atoms with Gasteiger partial charge < -0.3 is 14.2 Å². The van der Waals surface area contributed by atoms with E-state index in [1.165, 1.54) is 0 Å². The number of benzene rings is 2. The molecule has 132 valence electrons. The number of ether oxygens (including phenoxy) is 3. The number of nitrogens with one attached hydrogen (secondary N) is 1. The summed E-state index contributed by atoms with van der Waals surface area (Å²) >= 11 is 0.